The largest absolute Gasteiger partial charge is 0.489 e. The lowest BCUT2D eigenvalue weighted by atomic mass is 10.1. The van der Waals surface area contributed by atoms with Gasteiger partial charge in [-0.25, -0.2) is 4.39 Å². The lowest BCUT2D eigenvalue weighted by Gasteiger charge is -2.11. The number of carbonyl (C=O) groups is 1. The molecule has 0 heterocycles. The van der Waals surface area contributed by atoms with E-state index in [2.05, 4.69) is 15.9 Å². The van der Waals surface area contributed by atoms with Crippen LogP contribution in [-0.4, -0.2) is 5.78 Å². The van der Waals surface area contributed by atoms with Crippen molar-refractivity contribution in [3.8, 4) is 5.75 Å². The first kappa shape index (κ1) is 14.7. The van der Waals surface area contributed by atoms with Crippen LogP contribution in [0.1, 0.15) is 28.4 Å². The van der Waals surface area contributed by atoms with Crippen molar-refractivity contribution < 1.29 is 13.9 Å². The molecule has 104 valence electrons. The molecule has 0 N–H and O–H groups in total. The quantitative estimate of drug-likeness (QED) is 0.758. The van der Waals surface area contributed by atoms with Gasteiger partial charge in [-0.3, -0.25) is 4.79 Å². The van der Waals surface area contributed by atoms with Crippen molar-refractivity contribution in [3.05, 3.63) is 63.4 Å². The standard InChI is InChI=1S/C16H14BrFO2/c1-10-7-12(11(2)19)4-6-16(10)20-9-13-3-5-14(18)8-15(13)17/h3-8H,9H2,1-2H3. The van der Waals surface area contributed by atoms with Crippen molar-refractivity contribution in [2.24, 2.45) is 0 Å². The third-order valence-electron chi connectivity index (χ3n) is 2.98. The number of halogens is 2. The van der Waals surface area contributed by atoms with E-state index >= 15 is 0 Å². The molecule has 0 bridgehead atoms. The molecular weight excluding hydrogens is 323 g/mol. The topological polar surface area (TPSA) is 26.3 Å². The highest BCUT2D eigenvalue weighted by Crippen LogP contribution is 2.23. The Bertz CT molecular complexity index is 653. The molecular formula is C16H14BrFO2. The monoisotopic (exact) mass is 336 g/mol. The molecule has 0 fully saturated rings. The van der Waals surface area contributed by atoms with Crippen LogP contribution in [-0.2, 0) is 6.61 Å². The minimum Gasteiger partial charge on any atom is -0.489 e. The van der Waals surface area contributed by atoms with E-state index in [4.69, 9.17) is 4.74 Å². The fraction of sp³-hybridized carbons (Fsp3) is 0.188. The molecule has 2 aromatic carbocycles. The summed E-state index contributed by atoms with van der Waals surface area (Å²) in [7, 11) is 0. The molecule has 0 saturated carbocycles. The van der Waals surface area contributed by atoms with Crippen molar-refractivity contribution in [2.75, 3.05) is 0 Å². The first-order chi connectivity index (χ1) is 9.47. The van der Waals surface area contributed by atoms with E-state index in [-0.39, 0.29) is 11.6 Å². The Kier molecular flexibility index (Phi) is 4.55. The maximum atomic E-state index is 13.0. The molecule has 0 spiro atoms. The molecule has 0 aliphatic heterocycles. The van der Waals surface area contributed by atoms with Gasteiger partial charge in [-0.1, -0.05) is 22.0 Å². The van der Waals surface area contributed by atoms with Gasteiger partial charge in [-0.15, -0.1) is 0 Å². The molecule has 0 atom stereocenters. The molecule has 2 nitrogen and oxygen atoms in total. The zero-order chi connectivity index (χ0) is 14.7. The van der Waals surface area contributed by atoms with Crippen LogP contribution in [0.15, 0.2) is 40.9 Å². The molecule has 0 aliphatic rings. The highest BCUT2D eigenvalue weighted by Gasteiger charge is 2.06. The molecule has 0 unspecified atom stereocenters. The molecule has 0 radical (unpaired) electrons. The number of rotatable bonds is 4. The summed E-state index contributed by atoms with van der Waals surface area (Å²) in [6.07, 6.45) is 0. The highest BCUT2D eigenvalue weighted by molar-refractivity contribution is 9.10. The molecule has 2 aromatic rings. The fourth-order valence-electron chi connectivity index (χ4n) is 1.82. The van der Waals surface area contributed by atoms with Crippen LogP contribution in [0.3, 0.4) is 0 Å². The summed E-state index contributed by atoms with van der Waals surface area (Å²) < 4.78 is 19.4. The lowest BCUT2D eigenvalue weighted by molar-refractivity contribution is 0.101. The summed E-state index contributed by atoms with van der Waals surface area (Å²) >= 11 is 3.31. The first-order valence-corrected chi connectivity index (χ1v) is 6.95. The number of ketones is 1. The van der Waals surface area contributed by atoms with E-state index in [9.17, 15) is 9.18 Å². The van der Waals surface area contributed by atoms with Crippen LogP contribution >= 0.6 is 15.9 Å². The number of carbonyl (C=O) groups excluding carboxylic acids is 1. The van der Waals surface area contributed by atoms with E-state index in [1.807, 2.05) is 6.92 Å². The number of ether oxygens (including phenoxy) is 1. The molecule has 4 heteroatoms. The second kappa shape index (κ2) is 6.18. The van der Waals surface area contributed by atoms with Crippen molar-refractivity contribution in [2.45, 2.75) is 20.5 Å². The molecule has 20 heavy (non-hydrogen) atoms. The van der Waals surface area contributed by atoms with Crippen molar-refractivity contribution >= 4 is 21.7 Å². The van der Waals surface area contributed by atoms with E-state index in [0.717, 1.165) is 11.1 Å². The minimum absolute atomic E-state index is 0.0286. The third kappa shape index (κ3) is 3.45. The molecule has 2 rings (SSSR count). The normalized spacial score (nSPS) is 10.4. The number of aryl methyl sites for hydroxylation is 1. The molecule has 0 aliphatic carbocycles. The van der Waals surface area contributed by atoms with Crippen LogP contribution < -0.4 is 4.74 Å². The number of Topliss-reactive ketones (excluding diaryl/α,β-unsaturated/α-hetero) is 1. The minimum atomic E-state index is -0.289. The number of hydrogen-bond acceptors (Lipinski definition) is 2. The summed E-state index contributed by atoms with van der Waals surface area (Å²) in [5.41, 5.74) is 2.43. The van der Waals surface area contributed by atoms with Gasteiger partial charge in [-0.2, -0.15) is 0 Å². The summed E-state index contributed by atoms with van der Waals surface area (Å²) in [6, 6.07) is 9.81. The molecule has 0 saturated heterocycles. The van der Waals surface area contributed by atoms with E-state index in [1.54, 1.807) is 24.3 Å². The predicted octanol–water partition coefficient (Wildman–Crippen LogP) is 4.68. The number of hydrogen-bond donors (Lipinski definition) is 0. The summed E-state index contributed by atoms with van der Waals surface area (Å²) in [5, 5.41) is 0. The van der Waals surface area contributed by atoms with E-state index in [1.165, 1.54) is 19.1 Å². The maximum Gasteiger partial charge on any atom is 0.159 e. The van der Waals surface area contributed by atoms with Crippen LogP contribution in [0.25, 0.3) is 0 Å². The molecule has 0 amide bonds. The van der Waals surface area contributed by atoms with Gasteiger partial charge in [0.25, 0.3) is 0 Å². The zero-order valence-corrected chi connectivity index (χ0v) is 12.8. The predicted molar refractivity (Wildman–Crippen MR) is 79.6 cm³/mol. The van der Waals surface area contributed by atoms with Gasteiger partial charge >= 0.3 is 0 Å². The van der Waals surface area contributed by atoms with Gasteiger partial charge in [0.15, 0.2) is 5.78 Å². The van der Waals surface area contributed by atoms with Gasteiger partial charge in [-0.05, 0) is 49.7 Å². The average Bonchev–Trinajstić information content (AvgIpc) is 2.38. The van der Waals surface area contributed by atoms with Crippen LogP contribution in [0.5, 0.6) is 5.75 Å². The Hall–Kier alpha value is -1.68. The zero-order valence-electron chi connectivity index (χ0n) is 11.2. The Morgan fingerprint density at radius 2 is 2.00 bits per heavy atom. The lowest BCUT2D eigenvalue weighted by Crippen LogP contribution is -2.00. The van der Waals surface area contributed by atoms with Crippen LogP contribution in [0.4, 0.5) is 4.39 Å². The first-order valence-electron chi connectivity index (χ1n) is 6.15. The second-order valence-corrected chi connectivity index (χ2v) is 5.42. The smallest absolute Gasteiger partial charge is 0.159 e. The van der Waals surface area contributed by atoms with Crippen molar-refractivity contribution in [3.63, 3.8) is 0 Å². The van der Waals surface area contributed by atoms with Crippen LogP contribution in [0, 0.1) is 12.7 Å². The Morgan fingerprint density at radius 3 is 2.60 bits per heavy atom. The van der Waals surface area contributed by atoms with Gasteiger partial charge < -0.3 is 4.74 Å². The second-order valence-electron chi connectivity index (χ2n) is 4.56. The van der Waals surface area contributed by atoms with Gasteiger partial charge in [0.1, 0.15) is 18.2 Å². The Labute approximate surface area is 125 Å². The average molecular weight is 337 g/mol. The fourth-order valence-corrected chi connectivity index (χ4v) is 2.29. The summed E-state index contributed by atoms with van der Waals surface area (Å²) in [6.45, 7) is 3.76. The van der Waals surface area contributed by atoms with Gasteiger partial charge in [0.05, 0.1) is 0 Å². The summed E-state index contributed by atoms with van der Waals surface area (Å²) in [5.74, 6) is 0.453. The Morgan fingerprint density at radius 1 is 1.25 bits per heavy atom. The Balaban J connectivity index is 2.13. The van der Waals surface area contributed by atoms with Crippen molar-refractivity contribution in [1.29, 1.82) is 0 Å². The summed E-state index contributed by atoms with van der Waals surface area (Å²) in [4.78, 5) is 11.3. The number of benzene rings is 2. The third-order valence-corrected chi connectivity index (χ3v) is 3.72. The van der Waals surface area contributed by atoms with Gasteiger partial charge in [0, 0.05) is 15.6 Å². The van der Waals surface area contributed by atoms with E-state index in [0.29, 0.717) is 22.4 Å². The maximum absolute atomic E-state index is 13.0. The SMILES string of the molecule is CC(=O)c1ccc(OCc2ccc(F)cc2Br)c(C)c1. The highest BCUT2D eigenvalue weighted by atomic mass is 79.9. The van der Waals surface area contributed by atoms with Crippen molar-refractivity contribution in [1.82, 2.24) is 0 Å². The van der Waals surface area contributed by atoms with Crippen LogP contribution in [0.2, 0.25) is 0 Å². The van der Waals surface area contributed by atoms with E-state index < -0.39 is 0 Å². The van der Waals surface area contributed by atoms with Gasteiger partial charge in [0.2, 0.25) is 0 Å². The molecule has 0 aromatic heterocycles.